The Morgan fingerprint density at radius 1 is 1.15 bits per heavy atom. The van der Waals surface area contributed by atoms with Crippen molar-refractivity contribution in [2.45, 2.75) is 51.0 Å². The molecule has 6 heteroatoms. The number of thiophene rings is 1. The summed E-state index contributed by atoms with van der Waals surface area (Å²) < 4.78 is 0. The fourth-order valence-electron chi connectivity index (χ4n) is 4.88. The summed E-state index contributed by atoms with van der Waals surface area (Å²) in [4.78, 5) is 29.7. The van der Waals surface area contributed by atoms with Crippen LogP contribution >= 0.6 is 11.3 Å². The number of nitrogens with zero attached hydrogens (tertiary/aromatic N) is 2. The van der Waals surface area contributed by atoms with Gasteiger partial charge in [-0.2, -0.15) is 0 Å². The molecule has 146 valence electrons. The van der Waals surface area contributed by atoms with Crippen molar-refractivity contribution >= 4 is 28.7 Å². The molecule has 0 radical (unpaired) electrons. The van der Waals surface area contributed by atoms with E-state index < -0.39 is 6.61 Å². The molecular weight excluding hydrogens is 360 g/mol. The average Bonchev–Trinajstić information content (AvgIpc) is 3.22. The largest absolute Gasteiger partial charge is 0.387 e. The first-order valence-electron chi connectivity index (χ1n) is 10.1. The van der Waals surface area contributed by atoms with Gasteiger partial charge in [0.05, 0.1) is 5.56 Å². The molecule has 1 saturated carbocycles. The van der Waals surface area contributed by atoms with Crippen molar-refractivity contribution in [2.75, 3.05) is 26.2 Å². The number of carbonyl (C=O) groups is 2. The molecule has 2 amide bonds. The second kappa shape index (κ2) is 8.15. The minimum Gasteiger partial charge on any atom is -0.387 e. The number of piperidine rings is 1. The molecule has 1 aliphatic carbocycles. The molecule has 0 bridgehead atoms. The predicted octanol–water partition coefficient (Wildman–Crippen LogP) is 3.15. The highest BCUT2D eigenvalue weighted by molar-refractivity contribution is 7.11. The number of aliphatic hydroxyl groups is 1. The summed E-state index contributed by atoms with van der Waals surface area (Å²) in [6.45, 7) is 1.62. The Hall–Kier alpha value is -1.66. The maximum atomic E-state index is 13.2. The second-order valence-electron chi connectivity index (χ2n) is 7.93. The molecule has 1 saturated heterocycles. The molecule has 2 unspecified atom stereocenters. The minimum atomic E-state index is -0.432. The van der Waals surface area contributed by atoms with E-state index in [1.807, 2.05) is 11.4 Å². The normalized spacial score (nSPS) is 25.7. The molecule has 3 heterocycles. The molecule has 5 nitrogen and oxygen atoms in total. The Labute approximate surface area is 164 Å². The Balaban J connectivity index is 1.45. The molecular formula is C21H28N2O3S. The van der Waals surface area contributed by atoms with Gasteiger partial charge in [-0.15, -0.1) is 11.3 Å². The van der Waals surface area contributed by atoms with E-state index in [0.717, 1.165) is 36.2 Å². The van der Waals surface area contributed by atoms with Crippen molar-refractivity contribution in [1.82, 2.24) is 9.80 Å². The van der Waals surface area contributed by atoms with E-state index in [2.05, 4.69) is 11.0 Å². The lowest BCUT2D eigenvalue weighted by atomic mass is 9.78. The number of aliphatic hydroxyl groups excluding tert-OH is 1. The Kier molecular flexibility index (Phi) is 5.64. The van der Waals surface area contributed by atoms with E-state index in [1.165, 1.54) is 31.3 Å². The molecule has 2 atom stereocenters. The predicted molar refractivity (Wildman–Crippen MR) is 107 cm³/mol. The van der Waals surface area contributed by atoms with Gasteiger partial charge in [0, 0.05) is 35.9 Å². The molecule has 0 spiro atoms. The lowest BCUT2D eigenvalue weighted by molar-refractivity contribution is -0.133. The number of fused-ring (bicyclic) bond motifs is 1. The molecule has 1 aromatic heterocycles. The average molecular weight is 389 g/mol. The fraction of sp³-hybridized carbons (Fsp3) is 0.619. The van der Waals surface area contributed by atoms with Crippen molar-refractivity contribution in [1.29, 1.82) is 0 Å². The SMILES string of the molecule is O=C(CO)N1CC=C(c2cc(C(=O)N3CCCC4CCCCC43)cs2)CC1. The first-order valence-corrected chi connectivity index (χ1v) is 11.0. The molecule has 2 aliphatic heterocycles. The number of amides is 2. The van der Waals surface area contributed by atoms with Crippen molar-refractivity contribution in [3.8, 4) is 0 Å². The highest BCUT2D eigenvalue weighted by Gasteiger charge is 2.36. The van der Waals surface area contributed by atoms with Crippen LogP contribution in [0.25, 0.3) is 5.57 Å². The zero-order valence-corrected chi connectivity index (χ0v) is 16.5. The van der Waals surface area contributed by atoms with Crippen LogP contribution < -0.4 is 0 Å². The topological polar surface area (TPSA) is 60.9 Å². The third-order valence-electron chi connectivity index (χ3n) is 6.36. The zero-order chi connectivity index (χ0) is 18.8. The summed E-state index contributed by atoms with van der Waals surface area (Å²) >= 11 is 1.62. The molecule has 3 aliphatic rings. The van der Waals surface area contributed by atoms with E-state index in [9.17, 15) is 9.59 Å². The van der Waals surface area contributed by atoms with Gasteiger partial charge in [0.25, 0.3) is 5.91 Å². The van der Waals surface area contributed by atoms with E-state index in [0.29, 0.717) is 25.0 Å². The smallest absolute Gasteiger partial charge is 0.254 e. The van der Waals surface area contributed by atoms with Crippen LogP contribution in [-0.2, 0) is 4.79 Å². The Bertz CT molecular complexity index is 740. The highest BCUT2D eigenvalue weighted by atomic mass is 32.1. The maximum Gasteiger partial charge on any atom is 0.254 e. The lowest BCUT2D eigenvalue weighted by Crippen LogP contribution is -2.49. The first-order chi connectivity index (χ1) is 13.2. The van der Waals surface area contributed by atoms with Crippen LogP contribution in [0.5, 0.6) is 0 Å². The van der Waals surface area contributed by atoms with E-state index in [1.54, 1.807) is 16.2 Å². The molecule has 2 fully saturated rings. The lowest BCUT2D eigenvalue weighted by Gasteiger charge is -2.44. The number of likely N-dealkylation sites (tertiary alicyclic amines) is 1. The van der Waals surface area contributed by atoms with Gasteiger partial charge in [-0.05, 0) is 49.7 Å². The quantitative estimate of drug-likeness (QED) is 0.865. The number of rotatable bonds is 3. The monoisotopic (exact) mass is 388 g/mol. The van der Waals surface area contributed by atoms with Gasteiger partial charge in [-0.25, -0.2) is 0 Å². The van der Waals surface area contributed by atoms with Crippen LogP contribution in [0.4, 0.5) is 0 Å². The molecule has 4 rings (SSSR count). The zero-order valence-electron chi connectivity index (χ0n) is 15.7. The van der Waals surface area contributed by atoms with Gasteiger partial charge in [-0.1, -0.05) is 18.9 Å². The van der Waals surface area contributed by atoms with Gasteiger partial charge < -0.3 is 14.9 Å². The van der Waals surface area contributed by atoms with Crippen LogP contribution in [-0.4, -0.2) is 59.0 Å². The van der Waals surface area contributed by atoms with Gasteiger partial charge in [0.2, 0.25) is 5.91 Å². The summed E-state index contributed by atoms with van der Waals surface area (Å²) in [5, 5.41) is 11.0. The second-order valence-corrected chi connectivity index (χ2v) is 8.84. The van der Waals surface area contributed by atoms with Crippen molar-refractivity contribution < 1.29 is 14.7 Å². The Morgan fingerprint density at radius 2 is 1.96 bits per heavy atom. The van der Waals surface area contributed by atoms with Gasteiger partial charge >= 0.3 is 0 Å². The number of hydrogen-bond acceptors (Lipinski definition) is 4. The molecule has 27 heavy (non-hydrogen) atoms. The Morgan fingerprint density at radius 3 is 2.74 bits per heavy atom. The summed E-state index contributed by atoms with van der Waals surface area (Å²) in [7, 11) is 0. The van der Waals surface area contributed by atoms with E-state index in [-0.39, 0.29) is 11.8 Å². The van der Waals surface area contributed by atoms with Gasteiger partial charge in [0.1, 0.15) is 6.61 Å². The standard InChI is InChI=1S/C21H28N2O3S/c24-13-20(25)22-10-7-16(8-11-22)19-12-17(14-27-19)21(26)23-9-3-5-15-4-1-2-6-18(15)23/h7,12,14-15,18,24H,1-6,8-11,13H2. The van der Waals surface area contributed by atoms with Crippen LogP contribution in [0.15, 0.2) is 17.5 Å². The molecule has 0 aromatic carbocycles. The molecule has 1 N–H and O–H groups in total. The van der Waals surface area contributed by atoms with Crippen LogP contribution in [0.2, 0.25) is 0 Å². The van der Waals surface area contributed by atoms with Crippen molar-refractivity contribution in [3.63, 3.8) is 0 Å². The highest BCUT2D eigenvalue weighted by Crippen LogP contribution is 2.37. The third kappa shape index (κ3) is 3.83. The summed E-state index contributed by atoms with van der Waals surface area (Å²) in [5.41, 5.74) is 2.02. The van der Waals surface area contributed by atoms with Crippen molar-refractivity contribution in [3.05, 3.63) is 28.0 Å². The van der Waals surface area contributed by atoms with E-state index in [4.69, 9.17) is 5.11 Å². The van der Waals surface area contributed by atoms with E-state index >= 15 is 0 Å². The third-order valence-corrected chi connectivity index (χ3v) is 7.37. The summed E-state index contributed by atoms with van der Waals surface area (Å²) in [6.07, 6.45) is 10.2. The van der Waals surface area contributed by atoms with Crippen LogP contribution in [0.3, 0.4) is 0 Å². The summed E-state index contributed by atoms with van der Waals surface area (Å²) in [6, 6.07) is 2.48. The first kappa shape index (κ1) is 18.7. The van der Waals surface area contributed by atoms with Gasteiger partial charge in [-0.3, -0.25) is 9.59 Å². The van der Waals surface area contributed by atoms with Crippen molar-refractivity contribution in [2.24, 2.45) is 5.92 Å². The number of carbonyl (C=O) groups excluding carboxylic acids is 2. The number of hydrogen-bond donors (Lipinski definition) is 1. The maximum absolute atomic E-state index is 13.2. The van der Waals surface area contributed by atoms with Crippen LogP contribution in [0, 0.1) is 5.92 Å². The van der Waals surface area contributed by atoms with Crippen LogP contribution in [0.1, 0.15) is 60.2 Å². The van der Waals surface area contributed by atoms with Gasteiger partial charge in [0.15, 0.2) is 0 Å². The fourth-order valence-corrected chi connectivity index (χ4v) is 5.83. The minimum absolute atomic E-state index is 0.197. The molecule has 1 aromatic rings. The summed E-state index contributed by atoms with van der Waals surface area (Å²) in [5.74, 6) is 0.674.